The molecule has 1 aromatic carbocycles. The average molecular weight is 219 g/mol. The van der Waals surface area contributed by atoms with Gasteiger partial charge >= 0.3 is 0 Å². The van der Waals surface area contributed by atoms with Crippen LogP contribution in [0.1, 0.15) is 38.3 Å². The van der Waals surface area contributed by atoms with Crippen molar-refractivity contribution in [2.24, 2.45) is 0 Å². The highest BCUT2D eigenvalue weighted by molar-refractivity contribution is 5.50. The largest absolute Gasteiger partial charge is 0.487 e. The second kappa shape index (κ2) is 4.16. The van der Waals surface area contributed by atoms with E-state index in [9.17, 15) is 4.79 Å². The van der Waals surface area contributed by atoms with Gasteiger partial charge < -0.3 is 10.1 Å². The Kier molecular flexibility index (Phi) is 2.86. The number of nitrogens with one attached hydrogen (secondary N) is 1. The van der Waals surface area contributed by atoms with Gasteiger partial charge in [0.15, 0.2) is 0 Å². The minimum Gasteiger partial charge on any atom is -0.487 e. The lowest BCUT2D eigenvalue weighted by Gasteiger charge is -2.39. The van der Waals surface area contributed by atoms with Crippen molar-refractivity contribution in [2.45, 2.75) is 38.3 Å². The summed E-state index contributed by atoms with van der Waals surface area (Å²) in [5.74, 6) is 0.887. The number of fused-ring (bicyclic) bond motifs is 1. The van der Waals surface area contributed by atoms with Crippen LogP contribution < -0.4 is 10.1 Å². The third-order valence-corrected chi connectivity index (χ3v) is 3.30. The predicted molar refractivity (Wildman–Crippen MR) is 62.3 cm³/mol. The van der Waals surface area contributed by atoms with Crippen LogP contribution in [0.5, 0.6) is 5.75 Å². The van der Waals surface area contributed by atoms with Gasteiger partial charge in [0.25, 0.3) is 0 Å². The molecule has 1 aliphatic rings. The summed E-state index contributed by atoms with van der Waals surface area (Å²) in [7, 11) is 0. The zero-order chi connectivity index (χ0) is 11.6. The lowest BCUT2D eigenvalue weighted by molar-refractivity contribution is -0.110. The number of para-hydroxylation sites is 1. The van der Waals surface area contributed by atoms with Gasteiger partial charge in [-0.15, -0.1) is 0 Å². The smallest absolute Gasteiger partial charge is 0.207 e. The van der Waals surface area contributed by atoms with E-state index in [1.165, 1.54) is 0 Å². The first kappa shape index (κ1) is 11.0. The van der Waals surface area contributed by atoms with Gasteiger partial charge in [-0.3, -0.25) is 4.79 Å². The summed E-state index contributed by atoms with van der Waals surface area (Å²) < 4.78 is 5.99. The van der Waals surface area contributed by atoms with Gasteiger partial charge in [0, 0.05) is 12.0 Å². The first-order valence-electron chi connectivity index (χ1n) is 5.66. The SMILES string of the molecule is CCC1(C)CC(NC=O)c2ccccc2O1. The van der Waals surface area contributed by atoms with Gasteiger partial charge in [0.1, 0.15) is 11.4 Å². The lowest BCUT2D eigenvalue weighted by Crippen LogP contribution is -2.41. The van der Waals surface area contributed by atoms with E-state index in [0.29, 0.717) is 0 Å². The molecule has 1 N–H and O–H groups in total. The zero-order valence-electron chi connectivity index (χ0n) is 9.69. The highest BCUT2D eigenvalue weighted by Crippen LogP contribution is 2.40. The molecule has 2 rings (SSSR count). The Labute approximate surface area is 95.8 Å². The number of carbonyl (C=O) groups is 1. The zero-order valence-corrected chi connectivity index (χ0v) is 9.69. The van der Waals surface area contributed by atoms with Crippen LogP contribution in [-0.4, -0.2) is 12.0 Å². The Bertz CT molecular complexity index is 391. The number of amides is 1. The van der Waals surface area contributed by atoms with Gasteiger partial charge in [0.2, 0.25) is 6.41 Å². The van der Waals surface area contributed by atoms with Crippen molar-refractivity contribution in [3.8, 4) is 5.75 Å². The maximum atomic E-state index is 10.6. The quantitative estimate of drug-likeness (QED) is 0.793. The van der Waals surface area contributed by atoms with E-state index in [4.69, 9.17) is 4.74 Å². The van der Waals surface area contributed by atoms with E-state index in [0.717, 1.165) is 30.6 Å². The summed E-state index contributed by atoms with van der Waals surface area (Å²) in [6.45, 7) is 4.19. The summed E-state index contributed by atoms with van der Waals surface area (Å²) in [6, 6.07) is 7.95. The second-order valence-corrected chi connectivity index (χ2v) is 4.48. The first-order valence-corrected chi connectivity index (χ1v) is 5.66. The van der Waals surface area contributed by atoms with Gasteiger partial charge in [-0.2, -0.15) is 0 Å². The molecular weight excluding hydrogens is 202 g/mol. The summed E-state index contributed by atoms with van der Waals surface area (Å²) in [5.41, 5.74) is 0.884. The number of rotatable bonds is 3. The maximum Gasteiger partial charge on any atom is 0.207 e. The second-order valence-electron chi connectivity index (χ2n) is 4.48. The van der Waals surface area contributed by atoms with Crippen molar-refractivity contribution in [3.63, 3.8) is 0 Å². The Hall–Kier alpha value is -1.51. The molecular formula is C13H17NO2. The molecule has 2 unspecified atom stereocenters. The molecule has 16 heavy (non-hydrogen) atoms. The highest BCUT2D eigenvalue weighted by Gasteiger charge is 2.35. The fourth-order valence-electron chi connectivity index (χ4n) is 2.16. The fourth-order valence-corrected chi connectivity index (χ4v) is 2.16. The van der Waals surface area contributed by atoms with E-state index in [-0.39, 0.29) is 11.6 Å². The molecule has 1 aliphatic heterocycles. The van der Waals surface area contributed by atoms with Crippen LogP contribution in [0.2, 0.25) is 0 Å². The fraction of sp³-hybridized carbons (Fsp3) is 0.462. The Balaban J connectivity index is 2.37. The summed E-state index contributed by atoms with van der Waals surface area (Å²) >= 11 is 0. The van der Waals surface area contributed by atoms with Gasteiger partial charge in [0.05, 0.1) is 6.04 Å². The Morgan fingerprint density at radius 3 is 3.00 bits per heavy atom. The molecule has 3 heteroatoms. The molecule has 1 aromatic rings. The van der Waals surface area contributed by atoms with Crippen molar-refractivity contribution in [1.82, 2.24) is 5.32 Å². The first-order chi connectivity index (χ1) is 7.68. The maximum absolute atomic E-state index is 10.6. The number of hydrogen-bond donors (Lipinski definition) is 1. The van der Waals surface area contributed by atoms with Crippen LogP contribution >= 0.6 is 0 Å². The van der Waals surface area contributed by atoms with Gasteiger partial charge in [-0.1, -0.05) is 25.1 Å². The van der Waals surface area contributed by atoms with Crippen molar-refractivity contribution >= 4 is 6.41 Å². The van der Waals surface area contributed by atoms with Crippen molar-refractivity contribution in [1.29, 1.82) is 0 Å². The number of ether oxygens (including phenoxy) is 1. The molecule has 1 amide bonds. The molecule has 86 valence electrons. The van der Waals surface area contributed by atoms with Crippen LogP contribution in [0.25, 0.3) is 0 Å². The van der Waals surface area contributed by atoms with Gasteiger partial charge in [-0.05, 0) is 19.4 Å². The third-order valence-electron chi connectivity index (χ3n) is 3.30. The van der Waals surface area contributed by atoms with Crippen molar-refractivity contribution in [3.05, 3.63) is 29.8 Å². The topological polar surface area (TPSA) is 38.3 Å². The molecule has 3 nitrogen and oxygen atoms in total. The van der Waals surface area contributed by atoms with E-state index < -0.39 is 0 Å². The molecule has 0 spiro atoms. The summed E-state index contributed by atoms with van der Waals surface area (Å²) in [5, 5.41) is 2.87. The van der Waals surface area contributed by atoms with Crippen LogP contribution in [0.4, 0.5) is 0 Å². The lowest BCUT2D eigenvalue weighted by atomic mass is 9.87. The van der Waals surface area contributed by atoms with E-state index in [2.05, 4.69) is 19.2 Å². The monoisotopic (exact) mass is 219 g/mol. The minimum atomic E-state index is -0.185. The molecule has 0 fully saturated rings. The highest BCUT2D eigenvalue weighted by atomic mass is 16.5. The molecule has 0 aliphatic carbocycles. The third kappa shape index (κ3) is 1.90. The Morgan fingerprint density at radius 1 is 1.56 bits per heavy atom. The summed E-state index contributed by atoms with van der Waals surface area (Å²) in [6.07, 6.45) is 2.51. The predicted octanol–water partition coefficient (Wildman–Crippen LogP) is 2.42. The van der Waals surface area contributed by atoms with Crippen LogP contribution in [0.3, 0.4) is 0 Å². The van der Waals surface area contributed by atoms with Crippen LogP contribution in [-0.2, 0) is 4.79 Å². The molecule has 0 aromatic heterocycles. The van der Waals surface area contributed by atoms with E-state index in [1.807, 2.05) is 24.3 Å². The molecule has 0 bridgehead atoms. The van der Waals surface area contributed by atoms with E-state index >= 15 is 0 Å². The molecule has 0 saturated heterocycles. The van der Waals surface area contributed by atoms with Crippen LogP contribution in [0.15, 0.2) is 24.3 Å². The standard InChI is InChI=1S/C13H17NO2/c1-3-13(2)8-11(14-9-15)10-6-4-5-7-12(10)16-13/h4-7,9,11H,3,8H2,1-2H3,(H,14,15). The van der Waals surface area contributed by atoms with Gasteiger partial charge in [-0.25, -0.2) is 0 Å². The Morgan fingerprint density at radius 2 is 2.31 bits per heavy atom. The van der Waals surface area contributed by atoms with Crippen molar-refractivity contribution in [2.75, 3.05) is 0 Å². The number of benzene rings is 1. The average Bonchev–Trinajstić information content (AvgIpc) is 2.29. The molecule has 0 radical (unpaired) electrons. The minimum absolute atomic E-state index is 0.0624. The molecule has 0 saturated carbocycles. The molecule has 2 atom stereocenters. The normalized spacial score (nSPS) is 27.8. The molecule has 1 heterocycles. The number of hydrogen-bond acceptors (Lipinski definition) is 2. The number of carbonyl (C=O) groups excluding carboxylic acids is 1. The van der Waals surface area contributed by atoms with Crippen molar-refractivity contribution < 1.29 is 9.53 Å². The van der Waals surface area contributed by atoms with E-state index in [1.54, 1.807) is 0 Å². The van der Waals surface area contributed by atoms with Crippen LogP contribution in [0, 0.1) is 0 Å². The summed E-state index contributed by atoms with van der Waals surface area (Å²) in [4.78, 5) is 10.6.